The average molecular weight is 426 g/mol. The first-order valence-corrected chi connectivity index (χ1v) is 8.93. The van der Waals surface area contributed by atoms with Crippen molar-refractivity contribution in [2.24, 2.45) is 0 Å². The summed E-state index contributed by atoms with van der Waals surface area (Å²) in [5.74, 6) is -0.587. The molecule has 2 aromatic carbocycles. The van der Waals surface area contributed by atoms with Crippen LogP contribution < -0.4 is 16.6 Å². The SMILES string of the molecule is O=C(CCCn1c(=O)[nH]c2ccccc2c1=O)Nc1cc(C(F)(F)F)ccc1Cl. The largest absolute Gasteiger partial charge is 0.416 e. The van der Waals surface area contributed by atoms with Crippen molar-refractivity contribution in [3.05, 3.63) is 73.9 Å². The summed E-state index contributed by atoms with van der Waals surface area (Å²) in [6, 6.07) is 9.15. The van der Waals surface area contributed by atoms with E-state index < -0.39 is 28.9 Å². The first-order chi connectivity index (χ1) is 13.7. The lowest BCUT2D eigenvalue weighted by atomic mass is 10.2. The summed E-state index contributed by atoms with van der Waals surface area (Å²) in [6.45, 7) is -0.0251. The second-order valence-electron chi connectivity index (χ2n) is 6.28. The topological polar surface area (TPSA) is 84.0 Å². The maximum absolute atomic E-state index is 12.8. The van der Waals surface area contributed by atoms with Crippen LogP contribution in [0.2, 0.25) is 5.02 Å². The molecule has 152 valence electrons. The van der Waals surface area contributed by atoms with E-state index >= 15 is 0 Å². The smallest absolute Gasteiger partial charge is 0.325 e. The van der Waals surface area contributed by atoms with Gasteiger partial charge in [-0.3, -0.25) is 14.2 Å². The number of halogens is 4. The molecule has 3 rings (SSSR count). The molecule has 6 nitrogen and oxygen atoms in total. The Labute approximate surface area is 166 Å². The lowest BCUT2D eigenvalue weighted by Crippen LogP contribution is -2.35. The third-order valence-electron chi connectivity index (χ3n) is 4.24. The highest BCUT2D eigenvalue weighted by atomic mass is 35.5. The molecular formula is C19H15ClF3N3O3. The Balaban J connectivity index is 1.68. The van der Waals surface area contributed by atoms with Gasteiger partial charge in [0.25, 0.3) is 5.56 Å². The van der Waals surface area contributed by atoms with Crippen LogP contribution in [0.15, 0.2) is 52.1 Å². The summed E-state index contributed by atoms with van der Waals surface area (Å²) < 4.78 is 39.4. The molecule has 10 heteroatoms. The fourth-order valence-electron chi connectivity index (χ4n) is 2.81. The lowest BCUT2D eigenvalue weighted by molar-refractivity contribution is -0.137. The van der Waals surface area contributed by atoms with E-state index in [2.05, 4.69) is 10.3 Å². The molecule has 0 fully saturated rings. The monoisotopic (exact) mass is 425 g/mol. The van der Waals surface area contributed by atoms with E-state index in [0.717, 1.165) is 22.8 Å². The fraction of sp³-hybridized carbons (Fsp3) is 0.211. The van der Waals surface area contributed by atoms with Crippen LogP contribution in [0.5, 0.6) is 0 Å². The molecule has 0 aliphatic rings. The number of benzene rings is 2. The van der Waals surface area contributed by atoms with Crippen LogP contribution in [0.25, 0.3) is 10.9 Å². The number of fused-ring (bicyclic) bond motifs is 1. The van der Waals surface area contributed by atoms with E-state index in [0.29, 0.717) is 10.9 Å². The number of rotatable bonds is 5. The average Bonchev–Trinajstić information content (AvgIpc) is 2.65. The number of amides is 1. The van der Waals surface area contributed by atoms with Crippen molar-refractivity contribution in [1.29, 1.82) is 0 Å². The number of anilines is 1. The number of hydrogen-bond donors (Lipinski definition) is 2. The molecule has 0 atom stereocenters. The van der Waals surface area contributed by atoms with Crippen LogP contribution in [-0.2, 0) is 17.5 Å². The van der Waals surface area contributed by atoms with Crippen molar-refractivity contribution in [3.63, 3.8) is 0 Å². The molecule has 1 amide bonds. The normalized spacial score (nSPS) is 11.6. The van der Waals surface area contributed by atoms with Crippen LogP contribution in [0.1, 0.15) is 18.4 Å². The van der Waals surface area contributed by atoms with Gasteiger partial charge in [0.2, 0.25) is 5.91 Å². The van der Waals surface area contributed by atoms with Gasteiger partial charge in [-0.15, -0.1) is 0 Å². The minimum Gasteiger partial charge on any atom is -0.325 e. The predicted octanol–water partition coefficient (Wildman–Crippen LogP) is 3.78. The van der Waals surface area contributed by atoms with E-state index in [1.54, 1.807) is 24.3 Å². The number of H-pyrrole nitrogens is 1. The molecule has 1 heterocycles. The summed E-state index contributed by atoms with van der Waals surface area (Å²) in [5.41, 5.74) is -1.77. The van der Waals surface area contributed by atoms with Gasteiger partial charge in [-0.25, -0.2) is 4.79 Å². The zero-order valence-corrected chi connectivity index (χ0v) is 15.6. The second-order valence-corrected chi connectivity index (χ2v) is 6.68. The summed E-state index contributed by atoms with van der Waals surface area (Å²) in [5, 5.41) is 2.63. The van der Waals surface area contributed by atoms with Gasteiger partial charge in [-0.05, 0) is 36.8 Å². The quantitative estimate of drug-likeness (QED) is 0.652. The molecule has 1 aromatic heterocycles. The predicted molar refractivity (Wildman–Crippen MR) is 103 cm³/mol. The number of alkyl halides is 3. The molecule has 0 unspecified atom stereocenters. The summed E-state index contributed by atoms with van der Waals surface area (Å²) in [7, 11) is 0. The fourth-order valence-corrected chi connectivity index (χ4v) is 2.97. The maximum atomic E-state index is 12.8. The van der Waals surface area contributed by atoms with Gasteiger partial charge in [-0.2, -0.15) is 13.2 Å². The van der Waals surface area contributed by atoms with Crippen molar-refractivity contribution < 1.29 is 18.0 Å². The molecule has 2 N–H and O–H groups in total. The minimum atomic E-state index is -4.57. The van der Waals surface area contributed by atoms with Gasteiger partial charge in [0.05, 0.1) is 27.2 Å². The van der Waals surface area contributed by atoms with E-state index in [-0.39, 0.29) is 30.1 Å². The van der Waals surface area contributed by atoms with Gasteiger partial charge in [-0.1, -0.05) is 23.7 Å². The van der Waals surface area contributed by atoms with E-state index in [1.165, 1.54) is 0 Å². The number of carbonyl (C=O) groups is 1. The van der Waals surface area contributed by atoms with Crippen LogP contribution >= 0.6 is 11.6 Å². The Morgan fingerprint density at radius 3 is 2.59 bits per heavy atom. The zero-order valence-electron chi connectivity index (χ0n) is 14.8. The van der Waals surface area contributed by atoms with E-state index in [9.17, 15) is 27.6 Å². The molecule has 3 aromatic rings. The Bertz CT molecular complexity index is 1190. The van der Waals surface area contributed by atoms with Crippen molar-refractivity contribution in [3.8, 4) is 0 Å². The third kappa shape index (κ3) is 4.68. The highest BCUT2D eigenvalue weighted by molar-refractivity contribution is 6.33. The highest BCUT2D eigenvalue weighted by Crippen LogP contribution is 2.33. The molecule has 0 aliphatic heterocycles. The van der Waals surface area contributed by atoms with Crippen molar-refractivity contribution >= 4 is 34.1 Å². The molecule has 0 aliphatic carbocycles. The summed E-state index contributed by atoms with van der Waals surface area (Å²) in [6.07, 6.45) is -4.56. The Morgan fingerprint density at radius 1 is 1.14 bits per heavy atom. The number of aromatic nitrogens is 2. The van der Waals surface area contributed by atoms with Crippen molar-refractivity contribution in [2.45, 2.75) is 25.6 Å². The van der Waals surface area contributed by atoms with E-state index in [4.69, 9.17) is 11.6 Å². The lowest BCUT2D eigenvalue weighted by Gasteiger charge is -2.12. The van der Waals surface area contributed by atoms with Gasteiger partial charge in [0, 0.05) is 13.0 Å². The highest BCUT2D eigenvalue weighted by Gasteiger charge is 2.31. The standard InChI is InChI=1S/C19H15ClF3N3O3/c20-13-8-7-11(19(21,22)23)10-15(13)24-16(27)6-3-9-26-17(28)12-4-1-2-5-14(12)25-18(26)29/h1-2,4-5,7-8,10H,3,6,9H2,(H,24,27)(H,25,29). The molecule has 0 radical (unpaired) electrons. The minimum absolute atomic E-state index is 0.0251. The number of nitrogens with one attached hydrogen (secondary N) is 2. The van der Waals surface area contributed by atoms with E-state index in [1.807, 2.05) is 0 Å². The van der Waals surface area contributed by atoms with Crippen LogP contribution in [0, 0.1) is 0 Å². The van der Waals surface area contributed by atoms with Gasteiger partial charge in [0.15, 0.2) is 0 Å². The Hall–Kier alpha value is -3.07. The molecule has 0 spiro atoms. The Kier molecular flexibility index (Phi) is 5.78. The molecule has 0 saturated heterocycles. The van der Waals surface area contributed by atoms with Crippen molar-refractivity contribution in [1.82, 2.24) is 9.55 Å². The summed E-state index contributed by atoms with van der Waals surface area (Å²) in [4.78, 5) is 39.2. The first kappa shape index (κ1) is 20.7. The van der Waals surface area contributed by atoms with Crippen LogP contribution in [0.4, 0.5) is 18.9 Å². The molecule has 29 heavy (non-hydrogen) atoms. The number of para-hydroxylation sites is 1. The Morgan fingerprint density at radius 2 is 1.86 bits per heavy atom. The number of carbonyl (C=O) groups excluding carboxylic acids is 1. The number of aromatic amines is 1. The van der Waals surface area contributed by atoms with Crippen molar-refractivity contribution in [2.75, 3.05) is 5.32 Å². The zero-order chi connectivity index (χ0) is 21.2. The van der Waals surface area contributed by atoms with Gasteiger partial charge < -0.3 is 10.3 Å². The molecular weight excluding hydrogens is 411 g/mol. The first-order valence-electron chi connectivity index (χ1n) is 8.55. The van der Waals surface area contributed by atoms with Crippen LogP contribution in [-0.4, -0.2) is 15.5 Å². The van der Waals surface area contributed by atoms with Gasteiger partial charge >= 0.3 is 11.9 Å². The van der Waals surface area contributed by atoms with Crippen LogP contribution in [0.3, 0.4) is 0 Å². The van der Waals surface area contributed by atoms with Gasteiger partial charge in [0.1, 0.15) is 0 Å². The molecule has 0 saturated carbocycles. The molecule has 0 bridgehead atoms. The second kappa shape index (κ2) is 8.12. The third-order valence-corrected chi connectivity index (χ3v) is 4.57. The number of nitrogens with zero attached hydrogens (tertiary/aromatic N) is 1. The number of hydrogen-bond acceptors (Lipinski definition) is 3. The maximum Gasteiger partial charge on any atom is 0.416 e. The summed E-state index contributed by atoms with van der Waals surface area (Å²) >= 11 is 5.84.